The van der Waals surface area contributed by atoms with Crippen LogP contribution in [0.4, 0.5) is 11.4 Å². The van der Waals surface area contributed by atoms with E-state index in [1.54, 1.807) is 72.4 Å². The van der Waals surface area contributed by atoms with Crippen LogP contribution < -0.4 is 21.3 Å². The smallest absolute Gasteiger partial charge is 0.306 e. The van der Waals surface area contributed by atoms with Gasteiger partial charge in [0.15, 0.2) is 5.78 Å². The van der Waals surface area contributed by atoms with E-state index in [1.165, 1.54) is 56.4 Å². The van der Waals surface area contributed by atoms with Gasteiger partial charge in [-0.25, -0.2) is 0 Å². The monoisotopic (exact) mass is 1090 g/mol. The normalized spacial score (nSPS) is 11.0. The number of benzene rings is 2. The Hall–Kier alpha value is -6.64. The van der Waals surface area contributed by atoms with E-state index < -0.39 is 5.91 Å². The number of amides is 6. The van der Waals surface area contributed by atoms with E-state index in [0.717, 1.165) is 135 Å². The van der Waals surface area contributed by atoms with Gasteiger partial charge in [-0.3, -0.25) is 38.4 Å². The number of nitrogens with zero attached hydrogens (tertiary/aromatic N) is 2. The number of esters is 1. The van der Waals surface area contributed by atoms with Gasteiger partial charge in [0, 0.05) is 99.9 Å². The zero-order valence-corrected chi connectivity index (χ0v) is 48.1. The summed E-state index contributed by atoms with van der Waals surface area (Å²) in [4.78, 5) is 102. The summed E-state index contributed by atoms with van der Waals surface area (Å²) in [5, 5.41) is 11.3. The van der Waals surface area contributed by atoms with Gasteiger partial charge in [0.1, 0.15) is 0 Å². The van der Waals surface area contributed by atoms with Gasteiger partial charge in [-0.2, -0.15) is 0 Å². The molecule has 0 aliphatic rings. The molecule has 2 aromatic carbocycles. The lowest BCUT2D eigenvalue weighted by molar-refractivity contribution is -0.145. The summed E-state index contributed by atoms with van der Waals surface area (Å²) in [6, 6.07) is 13.3. The van der Waals surface area contributed by atoms with Crippen LogP contribution in [0.1, 0.15) is 202 Å². The summed E-state index contributed by atoms with van der Waals surface area (Å²) in [6.45, 7) is 10.3. The Morgan fingerprint density at radius 3 is 1.33 bits per heavy atom. The van der Waals surface area contributed by atoms with Crippen molar-refractivity contribution in [1.29, 1.82) is 0 Å². The Bertz CT molecular complexity index is 2170. The molecule has 4 N–H and O–H groups in total. The average molecular weight is 1090 g/mol. The first-order valence-electron chi connectivity index (χ1n) is 29.5. The van der Waals surface area contributed by atoms with Crippen molar-refractivity contribution in [3.05, 3.63) is 109 Å². The number of carbonyl (C=O) groups excluding carboxylic acids is 8. The van der Waals surface area contributed by atoms with Crippen LogP contribution in [0.25, 0.3) is 0 Å². The number of unbranched alkanes of at least 4 members (excludes halogenated alkanes) is 22. The lowest BCUT2D eigenvalue weighted by Gasteiger charge is -2.16. The summed E-state index contributed by atoms with van der Waals surface area (Å²) >= 11 is 0. The Labute approximate surface area is 473 Å². The molecular weight excluding hydrogens is 997 g/mol. The molecule has 0 aliphatic carbocycles. The molecule has 15 heteroatoms. The van der Waals surface area contributed by atoms with Crippen LogP contribution in [0.3, 0.4) is 0 Å². The molecule has 6 amide bonds. The molecule has 79 heavy (non-hydrogen) atoms. The van der Waals surface area contributed by atoms with E-state index in [2.05, 4.69) is 34.4 Å². The Morgan fingerprint density at radius 1 is 0.430 bits per heavy atom. The van der Waals surface area contributed by atoms with E-state index >= 15 is 0 Å². The number of likely N-dealkylation sites (N-methyl/N-ethyl adjacent to an activating group) is 2. The Morgan fingerprint density at radius 2 is 0.848 bits per heavy atom. The van der Waals surface area contributed by atoms with E-state index in [4.69, 9.17) is 4.74 Å². The molecule has 0 spiro atoms. The van der Waals surface area contributed by atoms with Crippen molar-refractivity contribution in [2.45, 2.75) is 186 Å². The van der Waals surface area contributed by atoms with Crippen LogP contribution in [-0.2, 0) is 38.3 Å². The standard InChI is InChI=1S/C64H96N6O9/c1-5-7-9-27-33-59(73)67-55-38-34-53(35-39-55)64(78)54-36-40-56(41-37-54)68-60(74)43-42-57(71)65-48-28-23-19-15-11-13-17-21-25-30-50-69(3)61(75)45-46-62(76)70(4)51-31-26-22-18-14-12-16-20-24-29-49-66-58(72)44-47-63(77)79-52-32-10-8-6-2/h5-6,34-43,45-46H,1-2,7-33,44,47-52H2,3-4H3,(H,65,71)(H,66,72)(H,67,73)(H,68,74)/b43-42+,46-45+. The summed E-state index contributed by atoms with van der Waals surface area (Å²) in [6.07, 6.45) is 36.6. The number of nitrogens with one attached hydrogen (secondary N) is 4. The van der Waals surface area contributed by atoms with E-state index in [0.29, 0.717) is 61.7 Å². The van der Waals surface area contributed by atoms with Crippen molar-refractivity contribution < 1.29 is 43.1 Å². The summed E-state index contributed by atoms with van der Waals surface area (Å²) in [5.74, 6) is -1.78. The highest BCUT2D eigenvalue weighted by molar-refractivity contribution is 6.10. The first-order chi connectivity index (χ1) is 38.3. The lowest BCUT2D eigenvalue weighted by Crippen LogP contribution is -2.28. The maximum Gasteiger partial charge on any atom is 0.306 e. The lowest BCUT2D eigenvalue weighted by atomic mass is 10.0. The van der Waals surface area contributed by atoms with Crippen LogP contribution in [-0.4, -0.2) is 104 Å². The minimum absolute atomic E-state index is 0.0698. The van der Waals surface area contributed by atoms with Gasteiger partial charge in [-0.15, -0.1) is 13.2 Å². The average Bonchev–Trinajstić information content (AvgIpc) is 3.46. The highest BCUT2D eigenvalue weighted by Gasteiger charge is 2.13. The maximum atomic E-state index is 13.0. The van der Waals surface area contributed by atoms with Gasteiger partial charge in [0.05, 0.1) is 13.0 Å². The second-order valence-corrected chi connectivity index (χ2v) is 20.5. The molecule has 0 radical (unpaired) electrons. The molecule has 2 aromatic rings. The highest BCUT2D eigenvalue weighted by atomic mass is 16.5. The van der Waals surface area contributed by atoms with E-state index in [1.807, 2.05) is 12.2 Å². The Kier molecular flexibility index (Phi) is 39.2. The third-order valence-corrected chi connectivity index (χ3v) is 13.5. The summed E-state index contributed by atoms with van der Waals surface area (Å²) in [7, 11) is 3.56. The molecular formula is C64H96N6O9. The third-order valence-electron chi connectivity index (χ3n) is 13.5. The van der Waals surface area contributed by atoms with Gasteiger partial charge in [-0.1, -0.05) is 115 Å². The van der Waals surface area contributed by atoms with E-state index in [9.17, 15) is 38.4 Å². The van der Waals surface area contributed by atoms with E-state index in [-0.39, 0.29) is 54.1 Å². The largest absolute Gasteiger partial charge is 0.466 e. The molecule has 15 nitrogen and oxygen atoms in total. The number of carbonyl (C=O) groups is 8. The van der Waals surface area contributed by atoms with Crippen LogP contribution in [0.2, 0.25) is 0 Å². The van der Waals surface area contributed by atoms with Crippen LogP contribution in [0.5, 0.6) is 0 Å². The predicted molar refractivity (Wildman–Crippen MR) is 318 cm³/mol. The number of ketones is 1. The van der Waals surface area contributed by atoms with Crippen LogP contribution >= 0.6 is 0 Å². The molecule has 0 aliphatic heterocycles. The SMILES string of the molecule is C=CCCCCOC(=O)CCC(=O)NCCCCCCCCCCCCN(C)C(=O)/C=C/C(=O)N(C)CCCCCCCCCCCCNC(=O)/C=C/C(=O)Nc1ccc(C(=O)c2ccc(NC(=O)CCCCC=C)cc2)cc1. The first-order valence-corrected chi connectivity index (χ1v) is 29.5. The van der Waals surface area contributed by atoms with Crippen molar-refractivity contribution in [3.8, 4) is 0 Å². The third kappa shape index (κ3) is 36.2. The van der Waals surface area contributed by atoms with Crippen molar-refractivity contribution in [2.75, 3.05) is 57.5 Å². The van der Waals surface area contributed by atoms with Crippen molar-refractivity contribution in [1.82, 2.24) is 20.4 Å². The number of hydrogen-bond donors (Lipinski definition) is 4. The summed E-state index contributed by atoms with van der Waals surface area (Å²) in [5.41, 5.74) is 2.04. The van der Waals surface area contributed by atoms with Crippen molar-refractivity contribution >= 4 is 58.6 Å². The number of anilines is 2. The molecule has 0 aromatic heterocycles. The fraction of sp³-hybridized carbons (Fsp3) is 0.562. The minimum Gasteiger partial charge on any atom is -0.466 e. The summed E-state index contributed by atoms with van der Waals surface area (Å²) < 4.78 is 5.15. The fourth-order valence-electron chi connectivity index (χ4n) is 8.55. The second-order valence-electron chi connectivity index (χ2n) is 20.5. The molecule has 0 atom stereocenters. The molecule has 0 saturated carbocycles. The number of rotatable bonds is 47. The number of allylic oxidation sites excluding steroid dienone is 2. The molecule has 0 fully saturated rings. The number of hydrogen-bond acceptors (Lipinski definition) is 9. The zero-order chi connectivity index (χ0) is 57.6. The van der Waals surface area contributed by atoms with Gasteiger partial charge in [0.25, 0.3) is 0 Å². The topological polar surface area (TPSA) is 200 Å². The highest BCUT2D eigenvalue weighted by Crippen LogP contribution is 2.18. The molecule has 0 saturated heterocycles. The van der Waals surface area contributed by atoms with Crippen LogP contribution in [0, 0.1) is 0 Å². The minimum atomic E-state index is -0.457. The van der Waals surface area contributed by atoms with Gasteiger partial charge < -0.3 is 35.8 Å². The van der Waals surface area contributed by atoms with Gasteiger partial charge in [-0.05, 0) is 113 Å². The fourth-order valence-corrected chi connectivity index (χ4v) is 8.55. The van der Waals surface area contributed by atoms with Crippen LogP contribution in [0.15, 0.2) is 98.1 Å². The molecule has 0 heterocycles. The molecule has 0 bridgehead atoms. The zero-order valence-electron chi connectivity index (χ0n) is 48.1. The quantitative estimate of drug-likeness (QED) is 0.0164. The van der Waals surface area contributed by atoms with Gasteiger partial charge >= 0.3 is 5.97 Å². The van der Waals surface area contributed by atoms with Crippen molar-refractivity contribution in [3.63, 3.8) is 0 Å². The second kappa shape index (κ2) is 45.2. The molecule has 2 rings (SSSR count). The predicted octanol–water partition coefficient (Wildman–Crippen LogP) is 12.3. The maximum absolute atomic E-state index is 13.0. The van der Waals surface area contributed by atoms with Gasteiger partial charge in [0.2, 0.25) is 35.4 Å². The number of ether oxygens (including phenoxy) is 1. The Balaban J connectivity index is 1.39. The first kappa shape index (κ1) is 68.5. The van der Waals surface area contributed by atoms with Crippen molar-refractivity contribution in [2.24, 2.45) is 0 Å². The molecule has 436 valence electrons. The molecule has 0 unspecified atom stereocenters.